The third-order valence-corrected chi connectivity index (χ3v) is 3.48. The summed E-state index contributed by atoms with van der Waals surface area (Å²) in [6.07, 6.45) is 4.27. The van der Waals surface area contributed by atoms with E-state index in [-0.39, 0.29) is 0 Å². The van der Waals surface area contributed by atoms with Crippen LogP contribution < -0.4 is 10.5 Å². The first kappa shape index (κ1) is 12.5. The molecule has 0 atom stereocenters. The summed E-state index contributed by atoms with van der Waals surface area (Å²) >= 11 is 0. The number of aryl methyl sites for hydroxylation is 2. The fourth-order valence-corrected chi connectivity index (χ4v) is 2.42. The number of nitrogens with zero attached hydrogens (tertiary/aromatic N) is 2. The maximum absolute atomic E-state index is 9.25. The highest BCUT2D eigenvalue weighted by molar-refractivity contribution is 5.47. The smallest absolute Gasteiger partial charge is 0.237 e. The van der Waals surface area contributed by atoms with Crippen LogP contribution in [-0.4, -0.2) is 4.98 Å². The van der Waals surface area contributed by atoms with E-state index >= 15 is 0 Å². The van der Waals surface area contributed by atoms with Gasteiger partial charge in [0.25, 0.3) is 0 Å². The monoisotopic (exact) mass is 265 g/mol. The molecule has 100 valence electrons. The lowest BCUT2D eigenvalue weighted by Gasteiger charge is -2.16. The Hall–Kier alpha value is -2.54. The van der Waals surface area contributed by atoms with E-state index in [4.69, 9.17) is 10.5 Å². The Labute approximate surface area is 117 Å². The molecule has 0 saturated carbocycles. The largest absolute Gasteiger partial charge is 0.438 e. The fourth-order valence-electron chi connectivity index (χ4n) is 2.42. The van der Waals surface area contributed by atoms with Crippen molar-refractivity contribution in [2.45, 2.75) is 25.7 Å². The first-order valence-corrected chi connectivity index (χ1v) is 6.72. The molecule has 0 bridgehead atoms. The Kier molecular flexibility index (Phi) is 3.26. The average Bonchev–Trinajstić information content (AvgIpc) is 2.49. The summed E-state index contributed by atoms with van der Waals surface area (Å²) in [4.78, 5) is 4.53. The zero-order valence-electron chi connectivity index (χ0n) is 11.1. The molecule has 0 saturated heterocycles. The van der Waals surface area contributed by atoms with Crippen molar-refractivity contribution in [2.75, 3.05) is 5.73 Å². The Bertz CT molecular complexity index is 671. The number of anilines is 1. The molecule has 1 aliphatic rings. The number of fused-ring (bicyclic) bond motifs is 1. The molecule has 1 heterocycles. The summed E-state index contributed by atoms with van der Waals surface area (Å²) < 4.78 is 5.73. The summed E-state index contributed by atoms with van der Waals surface area (Å²) in [7, 11) is 0. The van der Waals surface area contributed by atoms with Gasteiger partial charge in [0.1, 0.15) is 17.4 Å². The predicted octanol–water partition coefficient (Wildman–Crippen LogP) is 3.21. The number of nitrogens with two attached hydrogens (primary N) is 1. The van der Waals surface area contributed by atoms with Crippen LogP contribution >= 0.6 is 0 Å². The Morgan fingerprint density at radius 3 is 2.65 bits per heavy atom. The van der Waals surface area contributed by atoms with Crippen molar-refractivity contribution >= 4 is 5.69 Å². The van der Waals surface area contributed by atoms with E-state index in [1.165, 1.54) is 5.56 Å². The molecule has 2 N–H and O–H groups in total. The van der Waals surface area contributed by atoms with Crippen LogP contribution in [0.3, 0.4) is 0 Å². The summed E-state index contributed by atoms with van der Waals surface area (Å²) in [5.41, 5.74) is 9.04. The zero-order chi connectivity index (χ0) is 13.9. The van der Waals surface area contributed by atoms with E-state index in [9.17, 15) is 5.26 Å². The maximum Gasteiger partial charge on any atom is 0.237 e. The molecule has 3 rings (SSSR count). The second-order valence-electron chi connectivity index (χ2n) is 4.94. The minimum absolute atomic E-state index is 0.387. The van der Waals surface area contributed by atoms with Crippen molar-refractivity contribution in [1.82, 2.24) is 4.98 Å². The summed E-state index contributed by atoms with van der Waals surface area (Å²) in [6, 6.07) is 11.2. The molecule has 0 spiro atoms. The highest BCUT2D eigenvalue weighted by atomic mass is 16.5. The van der Waals surface area contributed by atoms with Crippen LogP contribution in [0.2, 0.25) is 0 Å². The maximum atomic E-state index is 9.25. The van der Waals surface area contributed by atoms with Gasteiger partial charge in [-0.25, -0.2) is 4.98 Å². The van der Waals surface area contributed by atoms with Crippen LogP contribution in [0.4, 0.5) is 5.69 Å². The molecule has 1 aromatic carbocycles. The van der Waals surface area contributed by atoms with Gasteiger partial charge in [0.05, 0.1) is 0 Å². The van der Waals surface area contributed by atoms with Gasteiger partial charge in [-0.15, -0.1) is 0 Å². The summed E-state index contributed by atoms with van der Waals surface area (Å²) in [5, 5.41) is 9.25. The fraction of sp³-hybridized carbons (Fsp3) is 0.250. The molecular formula is C16H15N3O. The van der Waals surface area contributed by atoms with E-state index in [0.29, 0.717) is 22.9 Å². The lowest BCUT2D eigenvalue weighted by molar-refractivity contribution is 0.456. The van der Waals surface area contributed by atoms with Gasteiger partial charge in [-0.05, 0) is 61.6 Å². The second-order valence-corrected chi connectivity index (χ2v) is 4.94. The Balaban J connectivity index is 1.96. The normalized spacial score (nSPS) is 13.3. The minimum atomic E-state index is 0.387. The molecule has 0 amide bonds. The second kappa shape index (κ2) is 5.22. The molecule has 20 heavy (non-hydrogen) atoms. The third kappa shape index (κ3) is 2.43. The van der Waals surface area contributed by atoms with Crippen LogP contribution in [0.15, 0.2) is 30.3 Å². The van der Waals surface area contributed by atoms with Gasteiger partial charge in [0.15, 0.2) is 0 Å². The molecule has 0 aliphatic heterocycles. The highest BCUT2D eigenvalue weighted by Gasteiger charge is 2.16. The van der Waals surface area contributed by atoms with Crippen molar-refractivity contribution < 1.29 is 4.74 Å². The molecule has 0 unspecified atom stereocenters. The van der Waals surface area contributed by atoms with Gasteiger partial charge in [0.2, 0.25) is 5.88 Å². The first-order chi connectivity index (χ1) is 9.76. The summed E-state index contributed by atoms with van der Waals surface area (Å²) in [6.45, 7) is 0. The van der Waals surface area contributed by atoms with E-state index in [1.807, 2.05) is 6.07 Å². The van der Waals surface area contributed by atoms with Gasteiger partial charge < -0.3 is 10.5 Å². The van der Waals surface area contributed by atoms with E-state index in [2.05, 4.69) is 11.1 Å². The van der Waals surface area contributed by atoms with Gasteiger partial charge >= 0.3 is 0 Å². The van der Waals surface area contributed by atoms with Crippen molar-refractivity contribution in [3.8, 4) is 17.7 Å². The third-order valence-electron chi connectivity index (χ3n) is 3.48. The van der Waals surface area contributed by atoms with Crippen LogP contribution in [0, 0.1) is 11.3 Å². The lowest BCUT2D eigenvalue weighted by atomic mass is 9.95. The standard InChI is InChI=1S/C16H15N3O/c17-10-12-9-11-3-1-2-4-15(11)19-16(12)20-14-7-5-13(18)6-8-14/h5-9H,1-4,18H2. The Morgan fingerprint density at radius 1 is 1.15 bits per heavy atom. The molecule has 2 aromatic rings. The number of pyridine rings is 1. The van der Waals surface area contributed by atoms with Crippen LogP contribution in [0.1, 0.15) is 29.7 Å². The molecule has 4 nitrogen and oxygen atoms in total. The zero-order valence-corrected chi connectivity index (χ0v) is 11.1. The van der Waals surface area contributed by atoms with Crippen LogP contribution in [0.25, 0.3) is 0 Å². The van der Waals surface area contributed by atoms with Crippen molar-refractivity contribution in [3.05, 3.63) is 47.2 Å². The van der Waals surface area contributed by atoms with E-state index < -0.39 is 0 Å². The molecule has 0 fully saturated rings. The van der Waals surface area contributed by atoms with Crippen molar-refractivity contribution in [1.29, 1.82) is 5.26 Å². The van der Waals surface area contributed by atoms with Crippen LogP contribution in [-0.2, 0) is 12.8 Å². The quantitative estimate of drug-likeness (QED) is 0.846. The van der Waals surface area contributed by atoms with Crippen molar-refractivity contribution in [2.24, 2.45) is 0 Å². The van der Waals surface area contributed by atoms with Gasteiger partial charge in [-0.1, -0.05) is 0 Å². The first-order valence-electron chi connectivity index (χ1n) is 6.72. The van der Waals surface area contributed by atoms with Crippen LogP contribution in [0.5, 0.6) is 11.6 Å². The number of nitriles is 1. The van der Waals surface area contributed by atoms with Gasteiger partial charge in [0, 0.05) is 11.4 Å². The molecular weight excluding hydrogens is 250 g/mol. The highest BCUT2D eigenvalue weighted by Crippen LogP contribution is 2.28. The number of hydrogen-bond donors (Lipinski definition) is 1. The molecule has 0 radical (unpaired) electrons. The van der Waals surface area contributed by atoms with Gasteiger partial charge in [-0.3, -0.25) is 0 Å². The Morgan fingerprint density at radius 2 is 1.90 bits per heavy atom. The number of benzene rings is 1. The topological polar surface area (TPSA) is 71.9 Å². The molecule has 1 aromatic heterocycles. The number of ether oxygens (including phenoxy) is 1. The molecule has 4 heteroatoms. The minimum Gasteiger partial charge on any atom is -0.438 e. The average molecular weight is 265 g/mol. The number of hydrogen-bond acceptors (Lipinski definition) is 4. The lowest BCUT2D eigenvalue weighted by Crippen LogP contribution is -2.07. The summed E-state index contributed by atoms with van der Waals surface area (Å²) in [5.74, 6) is 1.02. The number of nitrogen functional groups attached to an aromatic ring is 1. The van der Waals surface area contributed by atoms with Gasteiger partial charge in [-0.2, -0.15) is 5.26 Å². The predicted molar refractivity (Wildman–Crippen MR) is 76.5 cm³/mol. The van der Waals surface area contributed by atoms with E-state index in [0.717, 1.165) is 31.4 Å². The van der Waals surface area contributed by atoms with E-state index in [1.54, 1.807) is 24.3 Å². The number of rotatable bonds is 2. The van der Waals surface area contributed by atoms with Crippen molar-refractivity contribution in [3.63, 3.8) is 0 Å². The SMILES string of the molecule is N#Cc1cc2c(nc1Oc1ccc(N)cc1)CCCC2. The number of aromatic nitrogens is 1. The molecule has 1 aliphatic carbocycles.